The number of benzene rings is 1. The first-order valence-electron chi connectivity index (χ1n) is 19.9. The van der Waals surface area contributed by atoms with E-state index in [-0.39, 0.29) is 38.2 Å². The van der Waals surface area contributed by atoms with E-state index < -0.39 is 150 Å². The number of hydrogen-bond donors (Lipinski definition) is 9. The number of aryl methyl sites for hydroxylation is 1. The van der Waals surface area contributed by atoms with Gasteiger partial charge in [0.15, 0.2) is 6.10 Å². The normalized spacial score (nSPS) is 26.1. The zero-order chi connectivity index (χ0) is 47.1. The van der Waals surface area contributed by atoms with Gasteiger partial charge in [-0.3, -0.25) is 43.0 Å². The van der Waals surface area contributed by atoms with Gasteiger partial charge in [0, 0.05) is 12.6 Å². The third kappa shape index (κ3) is 13.2. The maximum absolute atomic E-state index is 13.6. The van der Waals surface area contributed by atoms with Gasteiger partial charge in [0.2, 0.25) is 29.5 Å². The molecule has 0 spiro atoms. The van der Waals surface area contributed by atoms with Crippen molar-refractivity contribution < 1.29 is 91.1 Å². The van der Waals surface area contributed by atoms with Gasteiger partial charge in [0.1, 0.15) is 49.1 Å². The average molecular weight is 916 g/mol. The minimum atomic E-state index is -4.40. The fourth-order valence-corrected chi connectivity index (χ4v) is 7.59. The van der Waals surface area contributed by atoms with E-state index in [1.165, 1.54) is 32.0 Å². The Balaban J connectivity index is 1.42. The van der Waals surface area contributed by atoms with E-state index in [4.69, 9.17) is 18.8 Å². The van der Waals surface area contributed by atoms with E-state index in [1.54, 1.807) is 13.8 Å². The minimum absolute atomic E-state index is 0.0440. The lowest BCUT2D eigenvalue weighted by Gasteiger charge is -2.39. The number of carbonyl (C=O) groups is 8. The molecule has 1 aromatic carbocycles. The molecule has 3 aliphatic rings. The van der Waals surface area contributed by atoms with Crippen LogP contribution >= 0.6 is 0 Å². The van der Waals surface area contributed by atoms with Crippen LogP contribution in [0.25, 0.3) is 0 Å². The van der Waals surface area contributed by atoms with Crippen LogP contribution in [-0.4, -0.2) is 182 Å². The Morgan fingerprint density at radius 1 is 0.937 bits per heavy atom. The Labute approximate surface area is 360 Å². The molecule has 0 aromatic heterocycles. The molecule has 0 bridgehead atoms. The zero-order valence-corrected chi connectivity index (χ0v) is 35.6. The molecular weight excluding hydrogens is 863 g/mol. The molecule has 1 aromatic rings. The van der Waals surface area contributed by atoms with Crippen LogP contribution in [0.3, 0.4) is 0 Å². The molecule has 63 heavy (non-hydrogen) atoms. The second-order valence-electron chi connectivity index (χ2n) is 15.8. The van der Waals surface area contributed by atoms with E-state index in [9.17, 15) is 72.3 Å². The van der Waals surface area contributed by atoms with Crippen LogP contribution in [-0.2, 0) is 75.7 Å². The number of aliphatic hydroxyl groups excluding tert-OH is 4. The SMILES string of the molecule is CC(=O)OCc1ccc(NC(=O)[C@H](C)NC(=O)[C@@H](NC(=O)CN2C(=O)[C@@H](N3C(=O)CC(O)C3=O)C[C@H]2COCCS(=O)(=O)O)C(C)C)cc1CC[C@@H]1O[C@H](C(=O)O)[C@@H](O)[C@H](O)[C@H]1O. The summed E-state index contributed by atoms with van der Waals surface area (Å²) in [5.74, 6) is -8.57. The standard InChI is InChI=1S/C38H53N5O19S/c1-17(2)29(41-27(46)14-42-23(16-60-9-10-63(57,58)59)12-24(36(42)53)43-28(47)13-25(45)37(43)54)35(52)39-18(3)34(51)40-22-7-5-21(15-61-19(4)44)20(11-22)6-8-26-30(48)31(49)32(50)33(62-26)38(55)56/h5,7,11,17-18,23-26,29-33,45,48-50H,6,8-10,12-16H2,1-4H3,(H,39,52)(H,40,51)(H,41,46)(H,55,56)(H,57,58,59)/t18-,23-,24-,25?,26-,29-,30-,31+,32-,33-/m0/s1. The van der Waals surface area contributed by atoms with Gasteiger partial charge in [0.25, 0.3) is 16.0 Å². The average Bonchev–Trinajstić information content (AvgIpc) is 3.63. The van der Waals surface area contributed by atoms with Crippen molar-refractivity contribution in [2.75, 3.05) is 30.8 Å². The van der Waals surface area contributed by atoms with E-state index in [2.05, 4.69) is 16.0 Å². The number of hydrogen-bond acceptors (Lipinski definition) is 17. The Bertz CT molecular complexity index is 2030. The summed E-state index contributed by atoms with van der Waals surface area (Å²) in [4.78, 5) is 104. The number of likely N-dealkylation sites (tertiary alicyclic amines) is 2. The van der Waals surface area contributed by atoms with E-state index >= 15 is 0 Å². The zero-order valence-electron chi connectivity index (χ0n) is 34.7. The molecule has 10 atom stereocenters. The number of rotatable bonds is 20. The van der Waals surface area contributed by atoms with E-state index in [0.717, 1.165) is 4.90 Å². The molecule has 350 valence electrons. The number of nitrogens with zero attached hydrogens (tertiary/aromatic N) is 2. The van der Waals surface area contributed by atoms with Gasteiger partial charge in [-0.1, -0.05) is 19.9 Å². The number of carboxylic acid groups (broad SMARTS) is 1. The Morgan fingerprint density at radius 2 is 1.62 bits per heavy atom. The number of amides is 6. The highest BCUT2D eigenvalue weighted by Gasteiger charge is 2.51. The maximum atomic E-state index is 13.6. The molecule has 3 heterocycles. The lowest BCUT2D eigenvalue weighted by Crippen LogP contribution is -2.59. The molecule has 3 fully saturated rings. The third-order valence-electron chi connectivity index (χ3n) is 10.7. The molecule has 0 aliphatic carbocycles. The van der Waals surface area contributed by atoms with Crippen molar-refractivity contribution in [2.24, 2.45) is 5.92 Å². The van der Waals surface area contributed by atoms with Crippen molar-refractivity contribution >= 4 is 63.2 Å². The van der Waals surface area contributed by atoms with Gasteiger partial charge < -0.3 is 60.6 Å². The van der Waals surface area contributed by atoms with E-state index in [0.29, 0.717) is 16.0 Å². The Morgan fingerprint density at radius 3 is 2.21 bits per heavy atom. The molecule has 25 heteroatoms. The van der Waals surface area contributed by atoms with Gasteiger partial charge in [-0.2, -0.15) is 8.42 Å². The highest BCUT2D eigenvalue weighted by atomic mass is 32.2. The van der Waals surface area contributed by atoms with Gasteiger partial charge in [-0.15, -0.1) is 0 Å². The molecule has 9 N–H and O–H groups in total. The number of imide groups is 1. The van der Waals surface area contributed by atoms with Crippen LogP contribution < -0.4 is 16.0 Å². The topological polar surface area (TPSA) is 362 Å². The molecule has 3 aliphatic heterocycles. The minimum Gasteiger partial charge on any atom is -0.479 e. The van der Waals surface area contributed by atoms with Crippen LogP contribution in [0.1, 0.15) is 58.1 Å². The summed E-state index contributed by atoms with van der Waals surface area (Å²) in [6.07, 6.45) is -10.9. The molecule has 4 rings (SSSR count). The predicted molar refractivity (Wildman–Crippen MR) is 211 cm³/mol. The summed E-state index contributed by atoms with van der Waals surface area (Å²) in [6, 6.07) is -0.372. The van der Waals surface area contributed by atoms with Crippen LogP contribution in [0.4, 0.5) is 5.69 Å². The van der Waals surface area contributed by atoms with Crippen molar-refractivity contribution in [1.82, 2.24) is 20.4 Å². The summed E-state index contributed by atoms with van der Waals surface area (Å²) >= 11 is 0. The van der Waals surface area contributed by atoms with E-state index in [1.807, 2.05) is 0 Å². The van der Waals surface area contributed by atoms with Gasteiger partial charge in [-0.25, -0.2) is 4.79 Å². The second kappa shape index (κ2) is 21.5. The molecule has 0 saturated carbocycles. The number of carboxylic acids is 1. The fraction of sp³-hybridized carbons (Fsp3) is 0.632. The van der Waals surface area contributed by atoms with Crippen molar-refractivity contribution in [3.8, 4) is 0 Å². The first-order valence-corrected chi connectivity index (χ1v) is 21.5. The first-order chi connectivity index (χ1) is 29.4. The molecule has 6 amide bonds. The number of nitrogens with one attached hydrogen (secondary N) is 3. The molecule has 3 saturated heterocycles. The van der Waals surface area contributed by atoms with Crippen molar-refractivity contribution in [1.29, 1.82) is 0 Å². The number of aliphatic hydroxyl groups is 4. The Hall–Kier alpha value is -5.15. The quantitative estimate of drug-likeness (QED) is 0.0262. The van der Waals surface area contributed by atoms with Crippen LogP contribution in [0.5, 0.6) is 0 Å². The number of aliphatic carboxylic acids is 1. The molecular formula is C38H53N5O19S. The highest BCUT2D eigenvalue weighted by molar-refractivity contribution is 7.85. The van der Waals surface area contributed by atoms with Crippen LogP contribution in [0, 0.1) is 5.92 Å². The van der Waals surface area contributed by atoms with Crippen molar-refractivity contribution in [3.05, 3.63) is 29.3 Å². The summed E-state index contributed by atoms with van der Waals surface area (Å²) in [5, 5.41) is 57.8. The second-order valence-corrected chi connectivity index (χ2v) is 17.3. The molecule has 1 unspecified atom stereocenters. The van der Waals surface area contributed by atoms with Crippen molar-refractivity contribution in [2.45, 2.75) is 121 Å². The van der Waals surface area contributed by atoms with Gasteiger partial charge >= 0.3 is 11.9 Å². The van der Waals surface area contributed by atoms with Crippen molar-refractivity contribution in [3.63, 3.8) is 0 Å². The number of ether oxygens (including phenoxy) is 3. The molecule has 0 radical (unpaired) electrons. The monoisotopic (exact) mass is 915 g/mol. The smallest absolute Gasteiger partial charge is 0.335 e. The third-order valence-corrected chi connectivity index (χ3v) is 11.3. The first kappa shape index (κ1) is 50.5. The Kier molecular flexibility index (Phi) is 17.2. The largest absolute Gasteiger partial charge is 0.479 e. The summed E-state index contributed by atoms with van der Waals surface area (Å²) in [6.45, 7) is 3.96. The summed E-state index contributed by atoms with van der Waals surface area (Å²) in [7, 11) is -4.40. The van der Waals surface area contributed by atoms with Gasteiger partial charge in [-0.05, 0) is 55.4 Å². The van der Waals surface area contributed by atoms with Crippen LogP contribution in [0.2, 0.25) is 0 Å². The summed E-state index contributed by atoms with van der Waals surface area (Å²) in [5.41, 5.74) is 1.14. The lowest BCUT2D eigenvalue weighted by atomic mass is 9.91. The summed E-state index contributed by atoms with van der Waals surface area (Å²) < 4.78 is 47.1. The highest BCUT2D eigenvalue weighted by Crippen LogP contribution is 2.29. The predicted octanol–water partition coefficient (Wildman–Crippen LogP) is -3.81. The molecule has 24 nitrogen and oxygen atoms in total. The number of carbonyl (C=O) groups excluding carboxylic acids is 7. The maximum Gasteiger partial charge on any atom is 0.335 e. The lowest BCUT2D eigenvalue weighted by molar-refractivity contribution is -0.228. The van der Waals surface area contributed by atoms with Crippen LogP contribution in [0.15, 0.2) is 18.2 Å². The number of esters is 1. The fourth-order valence-electron chi connectivity index (χ4n) is 7.26. The van der Waals surface area contributed by atoms with Gasteiger partial charge in [0.05, 0.1) is 44.1 Å². The number of anilines is 1.